The minimum atomic E-state index is 0. The number of nitrogens with one attached hydrogen (secondary N) is 1. The van der Waals surface area contributed by atoms with E-state index >= 15 is 0 Å². The van der Waals surface area contributed by atoms with Gasteiger partial charge in [0.05, 0.1) is 5.52 Å². The van der Waals surface area contributed by atoms with Crippen LogP contribution in [0.2, 0.25) is 0 Å². The lowest BCUT2D eigenvalue weighted by atomic mass is 10.1. The number of benzene rings is 1. The van der Waals surface area contributed by atoms with Crippen LogP contribution in [0.1, 0.15) is 5.56 Å². The molecule has 1 aromatic heterocycles. The predicted octanol–water partition coefficient (Wildman–Crippen LogP) is 2.93. The fraction of sp³-hybridized carbons (Fsp3) is 0. The van der Waals surface area contributed by atoms with Crippen molar-refractivity contribution in [3.63, 3.8) is 0 Å². The van der Waals surface area contributed by atoms with Crippen molar-refractivity contribution in [3.05, 3.63) is 42.2 Å². The molecule has 1 aromatic carbocycles. The molecule has 2 aromatic rings. The van der Waals surface area contributed by atoms with E-state index in [1.807, 2.05) is 18.5 Å². The van der Waals surface area contributed by atoms with Crippen LogP contribution >= 0.6 is 25.4 Å². The Labute approximate surface area is 99.4 Å². The molecular formula is C11H10N2S2. The SMILES string of the molecule is C1=Cc2ccc3ncccc3c2SN1.S. The predicted molar refractivity (Wildman–Crippen MR) is 70.2 cm³/mol. The van der Waals surface area contributed by atoms with Gasteiger partial charge < -0.3 is 4.72 Å². The molecule has 3 rings (SSSR count). The molecule has 76 valence electrons. The van der Waals surface area contributed by atoms with Gasteiger partial charge in [-0.25, -0.2) is 0 Å². The Morgan fingerprint density at radius 2 is 2.13 bits per heavy atom. The third-order valence-corrected chi connectivity index (χ3v) is 3.17. The summed E-state index contributed by atoms with van der Waals surface area (Å²) < 4.78 is 3.14. The van der Waals surface area contributed by atoms with E-state index < -0.39 is 0 Å². The molecule has 0 radical (unpaired) electrons. The molecule has 1 aliphatic heterocycles. The molecule has 0 saturated carbocycles. The number of pyridine rings is 1. The van der Waals surface area contributed by atoms with E-state index in [2.05, 4.69) is 34.0 Å². The number of aromatic nitrogens is 1. The molecule has 0 atom stereocenters. The molecule has 0 amide bonds. The van der Waals surface area contributed by atoms with Crippen LogP contribution in [-0.4, -0.2) is 4.98 Å². The van der Waals surface area contributed by atoms with Gasteiger partial charge in [0.1, 0.15) is 0 Å². The molecular weight excluding hydrogens is 224 g/mol. The lowest BCUT2D eigenvalue weighted by Crippen LogP contribution is -1.98. The van der Waals surface area contributed by atoms with E-state index in [-0.39, 0.29) is 13.5 Å². The molecule has 0 spiro atoms. The normalized spacial score (nSPS) is 12.8. The zero-order chi connectivity index (χ0) is 9.38. The Kier molecular flexibility index (Phi) is 2.88. The molecule has 0 saturated heterocycles. The summed E-state index contributed by atoms with van der Waals surface area (Å²) in [6, 6.07) is 8.25. The minimum Gasteiger partial charge on any atom is -0.332 e. The Bertz CT molecular complexity index is 523. The first-order valence-electron chi connectivity index (χ1n) is 4.42. The van der Waals surface area contributed by atoms with Crippen LogP contribution in [0.15, 0.2) is 41.6 Å². The van der Waals surface area contributed by atoms with Gasteiger partial charge in [0.15, 0.2) is 0 Å². The monoisotopic (exact) mass is 234 g/mol. The highest BCUT2D eigenvalue weighted by atomic mass is 32.2. The summed E-state index contributed by atoms with van der Waals surface area (Å²) in [5.41, 5.74) is 2.31. The zero-order valence-electron chi connectivity index (χ0n) is 7.90. The van der Waals surface area contributed by atoms with E-state index in [1.165, 1.54) is 15.8 Å². The number of fused-ring (bicyclic) bond motifs is 3. The Hall–Kier alpha value is -1.13. The number of rotatable bonds is 0. The van der Waals surface area contributed by atoms with Crippen molar-refractivity contribution in [1.82, 2.24) is 9.71 Å². The summed E-state index contributed by atoms with van der Waals surface area (Å²) in [6.07, 6.45) is 5.86. The van der Waals surface area contributed by atoms with E-state index in [9.17, 15) is 0 Å². The van der Waals surface area contributed by atoms with Gasteiger partial charge in [0.2, 0.25) is 0 Å². The first-order valence-corrected chi connectivity index (χ1v) is 5.23. The van der Waals surface area contributed by atoms with E-state index in [0.29, 0.717) is 0 Å². The average Bonchev–Trinajstić information content (AvgIpc) is 2.29. The molecule has 0 bridgehead atoms. The van der Waals surface area contributed by atoms with E-state index in [1.54, 1.807) is 11.9 Å². The average molecular weight is 234 g/mol. The van der Waals surface area contributed by atoms with Gasteiger partial charge in [-0.2, -0.15) is 13.5 Å². The molecule has 1 aliphatic rings. The van der Waals surface area contributed by atoms with E-state index in [4.69, 9.17) is 0 Å². The first-order chi connectivity index (χ1) is 6.95. The topological polar surface area (TPSA) is 24.9 Å². The molecule has 0 fully saturated rings. The number of nitrogens with zero attached hydrogens (tertiary/aromatic N) is 1. The molecule has 2 heterocycles. The van der Waals surface area contributed by atoms with Gasteiger partial charge in [0.25, 0.3) is 0 Å². The van der Waals surface area contributed by atoms with Crippen LogP contribution < -0.4 is 4.72 Å². The number of hydrogen-bond donors (Lipinski definition) is 1. The Morgan fingerprint density at radius 3 is 3.07 bits per heavy atom. The van der Waals surface area contributed by atoms with Crippen LogP contribution in [0, 0.1) is 0 Å². The van der Waals surface area contributed by atoms with Gasteiger partial charge in [-0.1, -0.05) is 12.1 Å². The van der Waals surface area contributed by atoms with Crippen molar-refractivity contribution in [2.24, 2.45) is 0 Å². The molecule has 1 N–H and O–H groups in total. The smallest absolute Gasteiger partial charge is 0.0714 e. The largest absolute Gasteiger partial charge is 0.332 e. The highest BCUT2D eigenvalue weighted by Crippen LogP contribution is 2.31. The van der Waals surface area contributed by atoms with Crippen molar-refractivity contribution in [2.45, 2.75) is 4.90 Å². The maximum atomic E-state index is 4.32. The zero-order valence-corrected chi connectivity index (χ0v) is 9.71. The third-order valence-electron chi connectivity index (χ3n) is 2.26. The standard InChI is InChI=1S/C11H8N2S.H2S/c1-2-9-10(12-6-1)4-3-8-5-7-13-14-11(8)9;/h1-7,13H;1H2. The van der Waals surface area contributed by atoms with Gasteiger partial charge in [0, 0.05) is 22.7 Å². The second-order valence-electron chi connectivity index (χ2n) is 3.11. The van der Waals surface area contributed by atoms with Gasteiger partial charge in [-0.05, 0) is 35.7 Å². The minimum absolute atomic E-state index is 0. The third kappa shape index (κ3) is 1.70. The van der Waals surface area contributed by atoms with Crippen molar-refractivity contribution in [3.8, 4) is 0 Å². The fourth-order valence-electron chi connectivity index (χ4n) is 1.60. The Balaban J connectivity index is 0.000000853. The first kappa shape index (κ1) is 10.4. The van der Waals surface area contributed by atoms with Crippen molar-refractivity contribution >= 4 is 42.4 Å². The molecule has 0 aliphatic carbocycles. The molecule has 15 heavy (non-hydrogen) atoms. The Morgan fingerprint density at radius 1 is 1.20 bits per heavy atom. The summed E-state index contributed by atoms with van der Waals surface area (Å²) >= 11 is 1.64. The summed E-state index contributed by atoms with van der Waals surface area (Å²) in [5, 5.41) is 1.21. The van der Waals surface area contributed by atoms with Crippen LogP contribution in [0.5, 0.6) is 0 Å². The fourth-order valence-corrected chi connectivity index (χ4v) is 2.39. The molecule has 0 unspecified atom stereocenters. The molecule has 4 heteroatoms. The maximum absolute atomic E-state index is 4.32. The summed E-state index contributed by atoms with van der Waals surface area (Å²) in [4.78, 5) is 5.59. The van der Waals surface area contributed by atoms with Crippen molar-refractivity contribution in [1.29, 1.82) is 0 Å². The van der Waals surface area contributed by atoms with Crippen LogP contribution in [0.3, 0.4) is 0 Å². The van der Waals surface area contributed by atoms with E-state index in [0.717, 1.165) is 5.52 Å². The second-order valence-corrected chi connectivity index (χ2v) is 3.96. The van der Waals surface area contributed by atoms with Gasteiger partial charge in [-0.3, -0.25) is 4.98 Å². The summed E-state index contributed by atoms with van der Waals surface area (Å²) in [5.74, 6) is 0. The van der Waals surface area contributed by atoms with Gasteiger partial charge >= 0.3 is 0 Å². The second kappa shape index (κ2) is 4.16. The molecule has 2 nitrogen and oxygen atoms in total. The van der Waals surface area contributed by atoms with Gasteiger partial charge in [-0.15, -0.1) is 0 Å². The highest BCUT2D eigenvalue weighted by molar-refractivity contribution is 7.97. The van der Waals surface area contributed by atoms with Crippen LogP contribution in [-0.2, 0) is 0 Å². The van der Waals surface area contributed by atoms with Crippen molar-refractivity contribution < 1.29 is 0 Å². The highest BCUT2D eigenvalue weighted by Gasteiger charge is 2.08. The number of hydrogen-bond acceptors (Lipinski definition) is 3. The lowest BCUT2D eigenvalue weighted by Gasteiger charge is -2.12. The maximum Gasteiger partial charge on any atom is 0.0714 e. The summed E-state index contributed by atoms with van der Waals surface area (Å²) in [7, 11) is 0. The van der Waals surface area contributed by atoms with Crippen LogP contribution in [0.25, 0.3) is 17.0 Å². The van der Waals surface area contributed by atoms with Crippen molar-refractivity contribution in [2.75, 3.05) is 0 Å². The van der Waals surface area contributed by atoms with Crippen LogP contribution in [0.4, 0.5) is 0 Å². The lowest BCUT2D eigenvalue weighted by molar-refractivity contribution is 1.32. The summed E-state index contributed by atoms with van der Waals surface area (Å²) in [6.45, 7) is 0. The quantitative estimate of drug-likeness (QED) is 0.709.